The topological polar surface area (TPSA) is 77.6 Å². The summed E-state index contributed by atoms with van der Waals surface area (Å²) in [5, 5.41) is 3.11. The van der Waals surface area contributed by atoms with Gasteiger partial charge in [-0.2, -0.15) is 0 Å². The zero-order chi connectivity index (χ0) is 18.6. The van der Waals surface area contributed by atoms with Crippen LogP contribution in [0.1, 0.15) is 31.3 Å². The van der Waals surface area contributed by atoms with Crippen LogP contribution in [0.2, 0.25) is 23.3 Å². The molecule has 2 aromatic heterocycles. The second-order valence-corrected chi connectivity index (χ2v) is 13.1. The summed E-state index contributed by atoms with van der Waals surface area (Å²) in [6, 6.07) is 0. The largest absolute Gasteiger partial charge is 0.410 e. The highest BCUT2D eigenvalue weighted by molar-refractivity contribution is 6.74. The maximum atomic E-state index is 12.7. The van der Waals surface area contributed by atoms with E-state index in [1.165, 1.54) is 21.4 Å². The van der Waals surface area contributed by atoms with Gasteiger partial charge in [0.25, 0.3) is 5.91 Å². The molecule has 0 bridgehead atoms. The number of aromatic nitrogens is 3. The Morgan fingerprint density at radius 3 is 2.68 bits per heavy atom. The Balaban J connectivity index is 2.04. The molecule has 1 N–H and O–H groups in total. The molecule has 0 spiro atoms. The molecule has 25 heavy (non-hydrogen) atoms. The van der Waals surface area contributed by atoms with Gasteiger partial charge >= 0.3 is 5.69 Å². The van der Waals surface area contributed by atoms with Gasteiger partial charge in [-0.1, -0.05) is 32.4 Å². The van der Waals surface area contributed by atoms with Crippen LogP contribution in [-0.2, 0) is 11.0 Å². The fourth-order valence-electron chi connectivity index (χ4n) is 2.73. The molecule has 2 aromatic rings. The SMILES string of the molecule is CC(C)(C)[Si](C)(C)OC1CNC(=O)c2c3cnc(Cl)cn3c(=O)n2C1. The van der Waals surface area contributed by atoms with Crippen molar-refractivity contribution in [2.75, 3.05) is 6.54 Å². The lowest BCUT2D eigenvalue weighted by Gasteiger charge is -2.39. The van der Waals surface area contributed by atoms with E-state index in [4.69, 9.17) is 16.0 Å². The molecule has 0 saturated heterocycles. The van der Waals surface area contributed by atoms with Crippen LogP contribution in [0, 0.1) is 0 Å². The molecule has 136 valence electrons. The normalized spacial score (nSPS) is 18.8. The maximum Gasteiger partial charge on any atom is 0.333 e. The van der Waals surface area contributed by atoms with Crippen molar-refractivity contribution < 1.29 is 9.22 Å². The van der Waals surface area contributed by atoms with Crippen LogP contribution < -0.4 is 11.0 Å². The Bertz CT molecular complexity index is 897. The number of halogens is 1. The van der Waals surface area contributed by atoms with Crippen LogP contribution in [-0.4, -0.2) is 40.8 Å². The monoisotopic (exact) mass is 382 g/mol. The first-order valence-corrected chi connectivity index (χ1v) is 11.5. The Morgan fingerprint density at radius 1 is 1.36 bits per heavy atom. The van der Waals surface area contributed by atoms with Crippen molar-refractivity contribution in [1.82, 2.24) is 19.3 Å². The lowest BCUT2D eigenvalue weighted by molar-refractivity contribution is 0.0935. The minimum Gasteiger partial charge on any atom is -0.410 e. The first-order chi connectivity index (χ1) is 11.5. The van der Waals surface area contributed by atoms with Crippen molar-refractivity contribution in [3.8, 4) is 0 Å². The van der Waals surface area contributed by atoms with Crippen LogP contribution in [0.15, 0.2) is 17.2 Å². The third-order valence-corrected chi connectivity index (χ3v) is 9.84. The van der Waals surface area contributed by atoms with Crippen LogP contribution in [0.5, 0.6) is 0 Å². The highest BCUT2D eigenvalue weighted by Gasteiger charge is 2.40. The fraction of sp³-hybridized carbons (Fsp3) is 0.562. The summed E-state index contributed by atoms with van der Waals surface area (Å²) < 4.78 is 9.24. The smallest absolute Gasteiger partial charge is 0.333 e. The molecule has 1 amide bonds. The number of hydrogen-bond acceptors (Lipinski definition) is 4. The van der Waals surface area contributed by atoms with Gasteiger partial charge in [0, 0.05) is 6.54 Å². The van der Waals surface area contributed by atoms with Gasteiger partial charge in [0.05, 0.1) is 30.6 Å². The van der Waals surface area contributed by atoms with Crippen molar-refractivity contribution in [3.63, 3.8) is 0 Å². The van der Waals surface area contributed by atoms with E-state index in [1.807, 2.05) is 0 Å². The van der Waals surface area contributed by atoms with Gasteiger partial charge in [0.15, 0.2) is 8.32 Å². The standard InChI is InChI=1S/C16H23ClN4O3Si/c1-16(2,3)25(4,5)24-10-6-19-14(22)13-11-7-18-12(17)9-20(11)15(23)21(13)8-10/h7,9-10H,6,8H2,1-5H3,(H,19,22). The number of nitrogens with one attached hydrogen (secondary N) is 1. The van der Waals surface area contributed by atoms with Gasteiger partial charge in [0.1, 0.15) is 10.8 Å². The van der Waals surface area contributed by atoms with Gasteiger partial charge in [0.2, 0.25) is 0 Å². The minimum absolute atomic E-state index is 0.0417. The van der Waals surface area contributed by atoms with Crippen molar-refractivity contribution in [1.29, 1.82) is 0 Å². The molecular formula is C16H23ClN4O3Si. The predicted octanol–water partition coefficient (Wildman–Crippen LogP) is 2.28. The number of imidazole rings is 1. The number of fused-ring (bicyclic) bond motifs is 3. The minimum atomic E-state index is -2.03. The molecule has 3 rings (SSSR count). The number of rotatable bonds is 2. The van der Waals surface area contributed by atoms with Gasteiger partial charge < -0.3 is 9.74 Å². The summed E-state index contributed by atoms with van der Waals surface area (Å²) in [5.41, 5.74) is 0.436. The molecule has 0 radical (unpaired) electrons. The molecule has 0 aromatic carbocycles. The number of hydrogen-bond donors (Lipinski definition) is 1. The van der Waals surface area contributed by atoms with E-state index >= 15 is 0 Å². The zero-order valence-corrected chi connectivity index (χ0v) is 16.8. The second kappa shape index (κ2) is 5.96. The summed E-state index contributed by atoms with van der Waals surface area (Å²) in [6.45, 7) is 11.5. The molecule has 1 atom stereocenters. The summed E-state index contributed by atoms with van der Waals surface area (Å²) in [7, 11) is -2.03. The van der Waals surface area contributed by atoms with E-state index < -0.39 is 8.32 Å². The average molecular weight is 383 g/mol. The third-order valence-electron chi connectivity index (χ3n) is 5.11. The quantitative estimate of drug-likeness (QED) is 0.808. The van der Waals surface area contributed by atoms with Crippen molar-refractivity contribution in [2.45, 2.75) is 51.6 Å². The van der Waals surface area contributed by atoms with Crippen molar-refractivity contribution >= 4 is 31.3 Å². The number of carbonyl (C=O) groups is 1. The first-order valence-electron chi connectivity index (χ1n) is 8.24. The fourth-order valence-corrected chi connectivity index (χ4v) is 4.22. The number of nitrogens with zero attached hydrogens (tertiary/aromatic N) is 3. The van der Waals surface area contributed by atoms with Crippen molar-refractivity contribution in [2.24, 2.45) is 0 Å². The van der Waals surface area contributed by atoms with Gasteiger partial charge in [-0.05, 0) is 18.1 Å². The Hall–Kier alpha value is -1.64. The van der Waals surface area contributed by atoms with E-state index in [9.17, 15) is 9.59 Å². The Morgan fingerprint density at radius 2 is 2.04 bits per heavy atom. The van der Waals surface area contributed by atoms with Crippen molar-refractivity contribution in [3.05, 3.63) is 33.7 Å². The summed E-state index contributed by atoms with van der Waals surface area (Å²) in [4.78, 5) is 29.3. The van der Waals surface area contributed by atoms with Crippen LogP contribution >= 0.6 is 11.6 Å². The molecule has 0 fully saturated rings. The molecule has 3 heterocycles. The predicted molar refractivity (Wildman–Crippen MR) is 98.9 cm³/mol. The summed E-state index contributed by atoms with van der Waals surface area (Å²) in [5.74, 6) is -0.301. The van der Waals surface area contributed by atoms with Crippen LogP contribution in [0.3, 0.4) is 0 Å². The lowest BCUT2D eigenvalue weighted by Crippen LogP contribution is -2.47. The molecule has 0 saturated carbocycles. The van der Waals surface area contributed by atoms with Crippen LogP contribution in [0.4, 0.5) is 0 Å². The Labute approximate surface area is 152 Å². The van der Waals surface area contributed by atoms with E-state index in [2.05, 4.69) is 44.2 Å². The molecule has 1 aliphatic heterocycles. The van der Waals surface area contributed by atoms with E-state index in [0.29, 0.717) is 24.3 Å². The molecule has 7 nitrogen and oxygen atoms in total. The molecular weight excluding hydrogens is 360 g/mol. The number of amides is 1. The lowest BCUT2D eigenvalue weighted by atomic mass is 10.2. The number of carbonyl (C=O) groups excluding carboxylic acids is 1. The molecule has 0 aliphatic carbocycles. The molecule has 1 aliphatic rings. The second-order valence-electron chi connectivity index (χ2n) is 7.92. The van der Waals surface area contributed by atoms with Gasteiger partial charge in [-0.15, -0.1) is 0 Å². The Kier molecular flexibility index (Phi) is 4.33. The third kappa shape index (κ3) is 3.14. The zero-order valence-electron chi connectivity index (χ0n) is 15.1. The van der Waals surface area contributed by atoms with Gasteiger partial charge in [-0.25, -0.2) is 9.78 Å². The highest BCUT2D eigenvalue weighted by Crippen LogP contribution is 2.37. The van der Waals surface area contributed by atoms with Gasteiger partial charge in [-0.3, -0.25) is 13.8 Å². The molecule has 1 unspecified atom stereocenters. The summed E-state index contributed by atoms with van der Waals surface area (Å²) in [6.07, 6.45) is 2.62. The first kappa shape index (κ1) is 18.2. The maximum absolute atomic E-state index is 12.7. The summed E-state index contributed by atoms with van der Waals surface area (Å²) >= 11 is 5.89. The molecule has 9 heteroatoms. The van der Waals surface area contributed by atoms with E-state index in [0.717, 1.165) is 0 Å². The van der Waals surface area contributed by atoms with E-state index in [1.54, 1.807) is 0 Å². The highest BCUT2D eigenvalue weighted by atomic mass is 35.5. The average Bonchev–Trinajstić information content (AvgIpc) is 2.65. The van der Waals surface area contributed by atoms with E-state index in [-0.39, 0.29) is 27.9 Å². The van der Waals surface area contributed by atoms with Crippen LogP contribution in [0.25, 0.3) is 5.52 Å².